The van der Waals surface area contributed by atoms with Crippen LogP contribution in [0.25, 0.3) is 0 Å². The van der Waals surface area contributed by atoms with Crippen LogP contribution >= 0.6 is 0 Å². The third-order valence-corrected chi connectivity index (χ3v) is 3.72. The van der Waals surface area contributed by atoms with Crippen LogP contribution in [0.3, 0.4) is 0 Å². The first-order valence-electron chi connectivity index (χ1n) is 6.64. The van der Waals surface area contributed by atoms with Gasteiger partial charge in [-0.25, -0.2) is 0 Å². The maximum atomic E-state index is 12.6. The Morgan fingerprint density at radius 3 is 2.50 bits per heavy atom. The summed E-state index contributed by atoms with van der Waals surface area (Å²) in [7, 11) is 0. The van der Waals surface area contributed by atoms with Crippen molar-refractivity contribution in [2.24, 2.45) is 5.92 Å². The van der Waals surface area contributed by atoms with Gasteiger partial charge in [0, 0.05) is 25.8 Å². The molecule has 1 aliphatic heterocycles. The average Bonchev–Trinajstić information content (AvgIpc) is 2.78. The van der Waals surface area contributed by atoms with Crippen molar-refractivity contribution in [2.45, 2.75) is 32.5 Å². The highest BCUT2D eigenvalue weighted by Gasteiger charge is 2.41. The van der Waals surface area contributed by atoms with Crippen LogP contribution in [0.2, 0.25) is 0 Å². The lowest BCUT2D eigenvalue weighted by atomic mass is 9.96. The third kappa shape index (κ3) is 2.91. The summed E-state index contributed by atoms with van der Waals surface area (Å²) in [4.78, 5) is 13.8. The van der Waals surface area contributed by atoms with Gasteiger partial charge < -0.3 is 15.2 Å². The number of nitrogen functional groups attached to an aromatic ring is 1. The Balaban J connectivity index is 2.05. The maximum Gasteiger partial charge on any atom is 0.391 e. The van der Waals surface area contributed by atoms with E-state index in [9.17, 15) is 18.0 Å². The minimum absolute atomic E-state index is 0.0302. The summed E-state index contributed by atoms with van der Waals surface area (Å²) >= 11 is 0. The Bertz CT molecular complexity index is 488. The second-order valence-electron chi connectivity index (χ2n) is 5.05. The standard InChI is InChI=1S/C13H18F3N3O/c1-2-18-8-10(17)7-11(18)12(20)19-5-3-9(4-6-19)13(14,15)16/h7-9H,2-6,17H2,1H3. The molecular weight excluding hydrogens is 271 g/mol. The summed E-state index contributed by atoms with van der Waals surface area (Å²) in [6.07, 6.45) is -2.56. The number of piperidine rings is 1. The van der Waals surface area contributed by atoms with E-state index in [2.05, 4.69) is 0 Å². The fourth-order valence-electron chi connectivity index (χ4n) is 2.55. The van der Waals surface area contributed by atoms with E-state index in [1.54, 1.807) is 16.8 Å². The van der Waals surface area contributed by atoms with E-state index in [0.29, 0.717) is 17.9 Å². The molecule has 0 unspecified atom stereocenters. The molecule has 1 aromatic rings. The highest BCUT2D eigenvalue weighted by Crippen LogP contribution is 2.34. The van der Waals surface area contributed by atoms with Crippen LogP contribution in [0.4, 0.5) is 18.9 Å². The molecule has 2 N–H and O–H groups in total. The molecular formula is C13H18F3N3O. The van der Waals surface area contributed by atoms with Crippen LogP contribution in [-0.4, -0.2) is 34.6 Å². The first-order chi connectivity index (χ1) is 9.32. The molecule has 0 saturated carbocycles. The zero-order valence-electron chi connectivity index (χ0n) is 11.3. The minimum atomic E-state index is -4.16. The molecule has 0 aliphatic carbocycles. The van der Waals surface area contributed by atoms with Crippen LogP contribution in [0, 0.1) is 5.92 Å². The van der Waals surface area contributed by atoms with Gasteiger partial charge in [0.15, 0.2) is 0 Å². The van der Waals surface area contributed by atoms with Crippen LogP contribution in [0.5, 0.6) is 0 Å². The van der Waals surface area contributed by atoms with Crippen LogP contribution in [0.1, 0.15) is 30.3 Å². The lowest BCUT2D eigenvalue weighted by Crippen LogP contribution is -2.42. The largest absolute Gasteiger partial charge is 0.397 e. The molecule has 1 amide bonds. The van der Waals surface area contributed by atoms with Crippen LogP contribution in [0.15, 0.2) is 12.3 Å². The number of amides is 1. The molecule has 1 fully saturated rings. The smallest absolute Gasteiger partial charge is 0.391 e. The van der Waals surface area contributed by atoms with E-state index >= 15 is 0 Å². The van der Waals surface area contributed by atoms with Gasteiger partial charge in [-0.2, -0.15) is 13.2 Å². The SMILES string of the molecule is CCn1cc(N)cc1C(=O)N1CCC(C(F)(F)F)CC1. The number of hydrogen-bond donors (Lipinski definition) is 1. The van der Waals surface area contributed by atoms with Gasteiger partial charge in [-0.05, 0) is 25.8 Å². The van der Waals surface area contributed by atoms with E-state index in [4.69, 9.17) is 5.73 Å². The van der Waals surface area contributed by atoms with Crippen molar-refractivity contribution in [1.82, 2.24) is 9.47 Å². The summed E-state index contributed by atoms with van der Waals surface area (Å²) in [6.45, 7) is 2.75. The van der Waals surface area contributed by atoms with Crippen molar-refractivity contribution in [3.8, 4) is 0 Å². The van der Waals surface area contributed by atoms with Crippen LogP contribution in [-0.2, 0) is 6.54 Å². The number of nitrogens with zero attached hydrogens (tertiary/aromatic N) is 2. The predicted molar refractivity (Wildman–Crippen MR) is 69.2 cm³/mol. The van der Waals surface area contributed by atoms with E-state index in [1.165, 1.54) is 4.90 Å². The highest BCUT2D eigenvalue weighted by atomic mass is 19.4. The van der Waals surface area contributed by atoms with Crippen molar-refractivity contribution in [3.05, 3.63) is 18.0 Å². The lowest BCUT2D eigenvalue weighted by molar-refractivity contribution is -0.183. The van der Waals surface area contributed by atoms with Crippen molar-refractivity contribution in [2.75, 3.05) is 18.8 Å². The number of hydrogen-bond acceptors (Lipinski definition) is 2. The van der Waals surface area contributed by atoms with Crippen molar-refractivity contribution in [3.63, 3.8) is 0 Å². The molecule has 0 radical (unpaired) electrons. The summed E-state index contributed by atoms with van der Waals surface area (Å²) in [5.41, 5.74) is 6.59. The molecule has 20 heavy (non-hydrogen) atoms. The summed E-state index contributed by atoms with van der Waals surface area (Å²) in [5, 5.41) is 0. The van der Waals surface area contributed by atoms with Gasteiger partial charge in [0.2, 0.25) is 0 Å². The fraction of sp³-hybridized carbons (Fsp3) is 0.615. The molecule has 0 aromatic carbocycles. The van der Waals surface area contributed by atoms with Gasteiger partial charge in [-0.15, -0.1) is 0 Å². The number of anilines is 1. The number of likely N-dealkylation sites (tertiary alicyclic amines) is 1. The molecule has 0 bridgehead atoms. The van der Waals surface area contributed by atoms with Gasteiger partial charge in [-0.3, -0.25) is 4.79 Å². The average molecular weight is 289 g/mol. The second-order valence-corrected chi connectivity index (χ2v) is 5.05. The van der Waals surface area contributed by atoms with E-state index in [1.807, 2.05) is 6.92 Å². The fourth-order valence-corrected chi connectivity index (χ4v) is 2.55. The molecule has 1 aliphatic rings. The molecule has 4 nitrogen and oxygen atoms in total. The Morgan fingerprint density at radius 2 is 2.00 bits per heavy atom. The number of rotatable bonds is 2. The number of carbonyl (C=O) groups is 1. The molecule has 7 heteroatoms. The Kier molecular flexibility index (Phi) is 3.96. The van der Waals surface area contributed by atoms with E-state index in [0.717, 1.165) is 0 Å². The number of carbonyl (C=O) groups excluding carboxylic acids is 1. The van der Waals surface area contributed by atoms with Crippen LogP contribution < -0.4 is 5.73 Å². The minimum Gasteiger partial charge on any atom is -0.397 e. The summed E-state index contributed by atoms with van der Waals surface area (Å²) in [5.74, 6) is -1.54. The Labute approximate surface area is 115 Å². The summed E-state index contributed by atoms with van der Waals surface area (Å²) in [6, 6.07) is 1.57. The number of aromatic nitrogens is 1. The van der Waals surface area contributed by atoms with E-state index < -0.39 is 12.1 Å². The zero-order valence-corrected chi connectivity index (χ0v) is 11.3. The molecule has 1 saturated heterocycles. The molecule has 2 rings (SSSR count). The summed E-state index contributed by atoms with van der Waals surface area (Å²) < 4.78 is 39.5. The van der Waals surface area contributed by atoms with Gasteiger partial charge in [0.25, 0.3) is 5.91 Å². The topological polar surface area (TPSA) is 51.3 Å². The first-order valence-corrected chi connectivity index (χ1v) is 6.64. The van der Waals surface area contributed by atoms with E-state index in [-0.39, 0.29) is 31.8 Å². The Hall–Kier alpha value is -1.66. The first kappa shape index (κ1) is 14.7. The number of nitrogens with two attached hydrogens (primary N) is 1. The molecule has 0 atom stereocenters. The van der Waals surface area contributed by atoms with Crippen molar-refractivity contribution in [1.29, 1.82) is 0 Å². The highest BCUT2D eigenvalue weighted by molar-refractivity contribution is 5.93. The van der Waals surface area contributed by atoms with Crippen molar-refractivity contribution < 1.29 is 18.0 Å². The predicted octanol–water partition coefficient (Wildman–Crippen LogP) is 2.50. The molecule has 112 valence electrons. The molecule has 2 heterocycles. The number of aryl methyl sites for hydroxylation is 1. The molecule has 1 aromatic heterocycles. The molecule has 0 spiro atoms. The number of alkyl halides is 3. The van der Waals surface area contributed by atoms with Gasteiger partial charge in [0.1, 0.15) is 5.69 Å². The lowest BCUT2D eigenvalue weighted by Gasteiger charge is -2.33. The third-order valence-electron chi connectivity index (χ3n) is 3.72. The van der Waals surface area contributed by atoms with Crippen molar-refractivity contribution >= 4 is 11.6 Å². The Morgan fingerprint density at radius 1 is 1.40 bits per heavy atom. The van der Waals surface area contributed by atoms with Gasteiger partial charge >= 0.3 is 6.18 Å². The zero-order chi connectivity index (χ0) is 14.9. The normalized spacial score (nSPS) is 17.5. The van der Waals surface area contributed by atoms with Gasteiger partial charge in [0.05, 0.1) is 11.6 Å². The second kappa shape index (κ2) is 5.38. The monoisotopic (exact) mass is 289 g/mol. The van der Waals surface area contributed by atoms with Gasteiger partial charge in [-0.1, -0.05) is 0 Å². The maximum absolute atomic E-state index is 12.6. The quantitative estimate of drug-likeness (QED) is 0.909. The number of halogens is 3.